The standard InChI is InChI=1S/C18H22N2O5S2/c1-24-14-6-3-2-5-12(14)9-20-13-10-27(22,23)11-16(13)26-18(20)19-17(21)15-7-4-8-25-15/h2-3,5-6,13,15-16H,4,7-11H2,1H3/t13-,15-,16+/m0/s1. The van der Waals surface area contributed by atoms with E-state index in [1.54, 1.807) is 7.11 Å². The Labute approximate surface area is 163 Å². The highest BCUT2D eigenvalue weighted by Gasteiger charge is 2.49. The van der Waals surface area contributed by atoms with Crippen LogP contribution in [0.2, 0.25) is 0 Å². The van der Waals surface area contributed by atoms with Crippen LogP contribution in [0.25, 0.3) is 0 Å². The number of benzene rings is 1. The molecule has 3 aliphatic heterocycles. The van der Waals surface area contributed by atoms with Gasteiger partial charge in [-0.25, -0.2) is 8.42 Å². The number of sulfone groups is 1. The lowest BCUT2D eigenvalue weighted by Gasteiger charge is -2.25. The van der Waals surface area contributed by atoms with Crippen molar-refractivity contribution in [2.45, 2.75) is 36.8 Å². The third-order valence-corrected chi connectivity index (χ3v) is 8.37. The highest BCUT2D eigenvalue weighted by Crippen LogP contribution is 2.40. The monoisotopic (exact) mass is 410 g/mol. The summed E-state index contributed by atoms with van der Waals surface area (Å²) in [6, 6.07) is 7.44. The van der Waals surface area contributed by atoms with Crippen LogP contribution in [0.4, 0.5) is 0 Å². The topological polar surface area (TPSA) is 85.3 Å². The van der Waals surface area contributed by atoms with Crippen molar-refractivity contribution < 1.29 is 22.7 Å². The Bertz CT molecular complexity index is 864. The second kappa shape index (κ2) is 7.44. The van der Waals surface area contributed by atoms with E-state index < -0.39 is 15.9 Å². The molecule has 3 atom stereocenters. The molecule has 3 fully saturated rings. The first-order chi connectivity index (χ1) is 13.0. The lowest BCUT2D eigenvalue weighted by Crippen LogP contribution is -2.37. The molecule has 4 rings (SSSR count). The zero-order valence-electron chi connectivity index (χ0n) is 15.0. The number of hydrogen-bond donors (Lipinski definition) is 0. The predicted molar refractivity (Wildman–Crippen MR) is 104 cm³/mol. The maximum absolute atomic E-state index is 12.5. The molecule has 3 saturated heterocycles. The molecule has 9 heteroatoms. The fourth-order valence-corrected chi connectivity index (χ4v) is 7.73. The normalized spacial score (nSPS) is 30.6. The van der Waals surface area contributed by atoms with E-state index in [1.807, 2.05) is 29.2 Å². The molecule has 7 nitrogen and oxygen atoms in total. The quantitative estimate of drug-likeness (QED) is 0.743. The lowest BCUT2D eigenvalue weighted by atomic mass is 10.1. The summed E-state index contributed by atoms with van der Waals surface area (Å²) in [5.74, 6) is 0.671. The van der Waals surface area contributed by atoms with Crippen LogP contribution >= 0.6 is 11.8 Å². The van der Waals surface area contributed by atoms with E-state index in [-0.39, 0.29) is 28.7 Å². The Balaban J connectivity index is 1.63. The first-order valence-corrected chi connectivity index (χ1v) is 11.7. The number of nitrogens with zero attached hydrogens (tertiary/aromatic N) is 2. The summed E-state index contributed by atoms with van der Waals surface area (Å²) in [7, 11) is -1.46. The number of amides is 1. The Morgan fingerprint density at radius 1 is 1.37 bits per heavy atom. The Morgan fingerprint density at radius 3 is 2.93 bits per heavy atom. The Kier molecular flexibility index (Phi) is 5.17. The molecule has 0 spiro atoms. The van der Waals surface area contributed by atoms with Crippen LogP contribution in [0.15, 0.2) is 29.3 Å². The number of thioether (sulfide) groups is 1. The van der Waals surface area contributed by atoms with Gasteiger partial charge in [0.05, 0.1) is 24.7 Å². The van der Waals surface area contributed by atoms with Gasteiger partial charge in [-0.2, -0.15) is 4.99 Å². The van der Waals surface area contributed by atoms with Gasteiger partial charge in [0.2, 0.25) is 0 Å². The Hall–Kier alpha value is -1.58. The van der Waals surface area contributed by atoms with Crippen molar-refractivity contribution in [1.29, 1.82) is 0 Å². The number of hydrogen-bond acceptors (Lipinski definition) is 6. The van der Waals surface area contributed by atoms with Gasteiger partial charge in [0.1, 0.15) is 11.9 Å². The molecular weight excluding hydrogens is 388 g/mol. The van der Waals surface area contributed by atoms with E-state index >= 15 is 0 Å². The Morgan fingerprint density at radius 2 is 2.19 bits per heavy atom. The number of amidine groups is 1. The summed E-state index contributed by atoms with van der Waals surface area (Å²) in [6.45, 7) is 1.04. The van der Waals surface area contributed by atoms with Crippen molar-refractivity contribution in [3.05, 3.63) is 29.8 Å². The number of rotatable bonds is 4. The molecule has 3 heterocycles. The van der Waals surface area contributed by atoms with Gasteiger partial charge in [-0.05, 0) is 18.9 Å². The van der Waals surface area contributed by atoms with Gasteiger partial charge in [0, 0.05) is 24.0 Å². The fourth-order valence-electron chi connectivity index (χ4n) is 3.78. The maximum atomic E-state index is 12.5. The zero-order valence-corrected chi connectivity index (χ0v) is 16.7. The number of para-hydroxylation sites is 1. The first-order valence-electron chi connectivity index (χ1n) is 8.96. The van der Waals surface area contributed by atoms with Crippen molar-refractivity contribution in [2.75, 3.05) is 25.2 Å². The largest absolute Gasteiger partial charge is 0.496 e. The van der Waals surface area contributed by atoms with Crippen molar-refractivity contribution >= 4 is 32.7 Å². The second-order valence-corrected chi connectivity index (χ2v) is 10.3. The van der Waals surface area contributed by atoms with Crippen molar-refractivity contribution in [3.8, 4) is 5.75 Å². The molecule has 1 aromatic carbocycles. The smallest absolute Gasteiger partial charge is 0.277 e. The third-order valence-electron chi connectivity index (χ3n) is 5.12. The molecule has 27 heavy (non-hydrogen) atoms. The van der Waals surface area contributed by atoms with Gasteiger partial charge in [-0.1, -0.05) is 30.0 Å². The molecule has 0 aliphatic carbocycles. The average Bonchev–Trinajstić information content (AvgIpc) is 3.33. The summed E-state index contributed by atoms with van der Waals surface area (Å²) in [5, 5.41) is 0.493. The van der Waals surface area contributed by atoms with Gasteiger partial charge < -0.3 is 14.4 Å². The van der Waals surface area contributed by atoms with Crippen LogP contribution in [0.1, 0.15) is 18.4 Å². The molecular formula is C18H22N2O5S2. The number of fused-ring (bicyclic) bond motifs is 1. The van der Waals surface area contributed by atoms with Crippen LogP contribution < -0.4 is 4.74 Å². The summed E-state index contributed by atoms with van der Waals surface area (Å²) in [5.41, 5.74) is 0.933. The minimum atomic E-state index is -3.07. The molecule has 0 aromatic heterocycles. The van der Waals surface area contributed by atoms with E-state index in [0.717, 1.165) is 17.7 Å². The van der Waals surface area contributed by atoms with Crippen molar-refractivity contribution in [2.24, 2.45) is 4.99 Å². The minimum absolute atomic E-state index is 0.0902. The molecule has 0 N–H and O–H groups in total. The van der Waals surface area contributed by atoms with E-state index in [4.69, 9.17) is 9.47 Å². The number of aliphatic imine (C=N–C) groups is 1. The van der Waals surface area contributed by atoms with Gasteiger partial charge in [-0.3, -0.25) is 4.79 Å². The first kappa shape index (κ1) is 18.8. The molecule has 0 saturated carbocycles. The highest BCUT2D eigenvalue weighted by atomic mass is 32.2. The van der Waals surface area contributed by atoms with Crippen LogP contribution in [0.5, 0.6) is 5.75 Å². The summed E-state index contributed by atoms with van der Waals surface area (Å²) in [6.07, 6.45) is 1.08. The van der Waals surface area contributed by atoms with Crippen LogP contribution in [-0.2, 0) is 25.9 Å². The van der Waals surface area contributed by atoms with Gasteiger partial charge >= 0.3 is 0 Å². The maximum Gasteiger partial charge on any atom is 0.277 e. The molecule has 1 aromatic rings. The van der Waals surface area contributed by atoms with E-state index in [1.165, 1.54) is 11.8 Å². The zero-order chi connectivity index (χ0) is 19.0. The van der Waals surface area contributed by atoms with Crippen molar-refractivity contribution in [3.63, 3.8) is 0 Å². The summed E-state index contributed by atoms with van der Waals surface area (Å²) < 4.78 is 35.1. The SMILES string of the molecule is COc1ccccc1CN1C(=NC(=O)[C@@H]2CCCO2)S[C@@H]2CS(=O)(=O)C[C@@H]21. The minimum Gasteiger partial charge on any atom is -0.496 e. The predicted octanol–water partition coefficient (Wildman–Crippen LogP) is 1.47. The van der Waals surface area contributed by atoms with Crippen LogP contribution in [-0.4, -0.2) is 67.0 Å². The molecule has 3 aliphatic rings. The highest BCUT2D eigenvalue weighted by molar-refractivity contribution is 8.15. The van der Waals surface area contributed by atoms with Gasteiger partial charge in [0.25, 0.3) is 5.91 Å². The number of ether oxygens (including phenoxy) is 2. The van der Waals surface area contributed by atoms with Gasteiger partial charge in [-0.15, -0.1) is 0 Å². The number of methoxy groups -OCH3 is 1. The second-order valence-electron chi connectivity index (χ2n) is 6.97. The molecule has 0 bridgehead atoms. The lowest BCUT2D eigenvalue weighted by molar-refractivity contribution is -0.126. The van der Waals surface area contributed by atoms with E-state index in [9.17, 15) is 13.2 Å². The van der Waals surface area contributed by atoms with Crippen LogP contribution in [0.3, 0.4) is 0 Å². The number of carbonyl (C=O) groups is 1. The average molecular weight is 411 g/mol. The van der Waals surface area contributed by atoms with Crippen LogP contribution in [0, 0.1) is 0 Å². The number of carbonyl (C=O) groups excluding carboxylic acids is 1. The summed E-state index contributed by atoms with van der Waals surface area (Å²) >= 11 is 1.39. The molecule has 0 radical (unpaired) electrons. The summed E-state index contributed by atoms with van der Waals surface area (Å²) in [4.78, 5) is 18.8. The van der Waals surface area contributed by atoms with Crippen molar-refractivity contribution in [1.82, 2.24) is 4.90 Å². The molecule has 146 valence electrons. The fraction of sp³-hybridized carbons (Fsp3) is 0.556. The van der Waals surface area contributed by atoms with E-state index in [2.05, 4.69) is 4.99 Å². The van der Waals surface area contributed by atoms with E-state index in [0.29, 0.717) is 24.7 Å². The molecule has 1 amide bonds. The third kappa shape index (κ3) is 3.86. The molecule has 0 unspecified atom stereocenters. The van der Waals surface area contributed by atoms with Gasteiger partial charge in [0.15, 0.2) is 15.0 Å².